The van der Waals surface area contributed by atoms with Crippen molar-refractivity contribution in [3.8, 4) is 11.8 Å². The molecule has 0 unspecified atom stereocenters. The van der Waals surface area contributed by atoms with Gasteiger partial charge in [-0.05, 0) is 18.2 Å². The zero-order chi connectivity index (χ0) is 9.68. The first-order valence-corrected chi connectivity index (χ1v) is 3.52. The third-order valence-electron chi connectivity index (χ3n) is 1.39. The van der Waals surface area contributed by atoms with Gasteiger partial charge in [0.05, 0.1) is 5.56 Å². The van der Waals surface area contributed by atoms with E-state index in [1.807, 2.05) is 0 Å². The highest BCUT2D eigenvalue weighted by molar-refractivity contribution is 5.79. The third kappa shape index (κ3) is 2.27. The lowest BCUT2D eigenvalue weighted by Crippen LogP contribution is -1.97. The van der Waals surface area contributed by atoms with Crippen LogP contribution in [0.15, 0.2) is 18.2 Å². The Morgan fingerprint density at radius 1 is 1.62 bits per heavy atom. The summed E-state index contributed by atoms with van der Waals surface area (Å²) in [6.07, 6.45) is 0.482. The molecule has 0 spiro atoms. The van der Waals surface area contributed by atoms with Gasteiger partial charge in [0, 0.05) is 0 Å². The van der Waals surface area contributed by atoms with E-state index in [9.17, 15) is 9.18 Å². The number of hydrogen-bond donors (Lipinski definition) is 0. The monoisotopic (exact) mass is 179 g/mol. The van der Waals surface area contributed by atoms with Crippen LogP contribution in [-0.2, 0) is 0 Å². The van der Waals surface area contributed by atoms with Gasteiger partial charge in [-0.25, -0.2) is 4.39 Å². The van der Waals surface area contributed by atoms with Crippen molar-refractivity contribution < 1.29 is 13.9 Å². The van der Waals surface area contributed by atoms with E-state index in [0.717, 1.165) is 6.07 Å². The lowest BCUT2D eigenvalue weighted by Gasteiger charge is -2.03. The average Bonchev–Trinajstić information content (AvgIpc) is 2.16. The smallest absolute Gasteiger partial charge is 0.174 e. The molecule has 0 atom stereocenters. The number of aldehydes is 1. The molecule has 1 aromatic rings. The van der Waals surface area contributed by atoms with Gasteiger partial charge in [0.15, 0.2) is 12.9 Å². The summed E-state index contributed by atoms with van der Waals surface area (Å²) in [5.74, 6) is -0.288. The minimum Gasteiger partial charge on any atom is -0.478 e. The molecule has 3 nitrogen and oxygen atoms in total. The first-order chi connectivity index (χ1) is 6.27. The molecule has 0 aliphatic carbocycles. The molecule has 0 radical (unpaired) electrons. The summed E-state index contributed by atoms with van der Waals surface area (Å²) in [5, 5.41) is 8.21. The van der Waals surface area contributed by atoms with Crippen molar-refractivity contribution in [1.82, 2.24) is 0 Å². The van der Waals surface area contributed by atoms with Crippen LogP contribution in [0.2, 0.25) is 0 Å². The van der Waals surface area contributed by atoms with Crippen molar-refractivity contribution in [1.29, 1.82) is 5.26 Å². The predicted molar refractivity (Wildman–Crippen MR) is 42.9 cm³/mol. The number of benzene rings is 1. The normalized spacial score (nSPS) is 8.92. The van der Waals surface area contributed by atoms with Crippen molar-refractivity contribution in [2.75, 3.05) is 6.61 Å². The number of carbonyl (C=O) groups is 1. The summed E-state index contributed by atoms with van der Waals surface area (Å²) < 4.78 is 17.5. The minimum absolute atomic E-state index is 0.107. The standard InChI is InChI=1S/C9H6FNO2/c10-8-1-2-9(13-4-3-11)7(5-8)6-12/h1-2,5-6H,4H2. The summed E-state index contributed by atoms with van der Waals surface area (Å²) in [5.41, 5.74) is 0.107. The van der Waals surface area contributed by atoms with Gasteiger partial charge in [0.2, 0.25) is 0 Å². The SMILES string of the molecule is N#CCOc1ccc(F)cc1C=O. The maximum absolute atomic E-state index is 12.6. The molecule has 4 heteroatoms. The first-order valence-electron chi connectivity index (χ1n) is 3.52. The fourth-order valence-corrected chi connectivity index (χ4v) is 0.853. The highest BCUT2D eigenvalue weighted by atomic mass is 19.1. The number of carbonyl (C=O) groups excluding carboxylic acids is 1. The van der Waals surface area contributed by atoms with E-state index >= 15 is 0 Å². The highest BCUT2D eigenvalue weighted by Gasteiger charge is 2.03. The van der Waals surface area contributed by atoms with Gasteiger partial charge in [-0.15, -0.1) is 0 Å². The summed E-state index contributed by atoms with van der Waals surface area (Å²) in [6, 6.07) is 5.29. The minimum atomic E-state index is -0.508. The Kier molecular flexibility index (Phi) is 2.98. The Morgan fingerprint density at radius 2 is 2.38 bits per heavy atom. The largest absolute Gasteiger partial charge is 0.478 e. The van der Waals surface area contributed by atoms with Crippen LogP contribution in [0.5, 0.6) is 5.75 Å². The van der Waals surface area contributed by atoms with Crippen molar-refractivity contribution in [3.05, 3.63) is 29.6 Å². The lowest BCUT2D eigenvalue weighted by atomic mass is 10.2. The molecule has 0 bridgehead atoms. The Bertz CT molecular complexity index is 357. The van der Waals surface area contributed by atoms with E-state index in [0.29, 0.717) is 6.29 Å². The predicted octanol–water partition coefficient (Wildman–Crippen LogP) is 1.54. The molecule has 66 valence electrons. The van der Waals surface area contributed by atoms with Crippen molar-refractivity contribution in [3.63, 3.8) is 0 Å². The Hall–Kier alpha value is -1.89. The lowest BCUT2D eigenvalue weighted by molar-refractivity contribution is 0.111. The van der Waals surface area contributed by atoms with E-state index in [4.69, 9.17) is 10.00 Å². The quantitative estimate of drug-likeness (QED) is 0.661. The zero-order valence-electron chi connectivity index (χ0n) is 6.66. The number of halogens is 1. The van der Waals surface area contributed by atoms with Gasteiger partial charge in [-0.2, -0.15) is 5.26 Å². The summed E-state index contributed by atoms with van der Waals surface area (Å²) >= 11 is 0. The highest BCUT2D eigenvalue weighted by Crippen LogP contribution is 2.17. The second kappa shape index (κ2) is 4.21. The van der Waals surface area contributed by atoms with Crippen LogP contribution < -0.4 is 4.74 Å². The van der Waals surface area contributed by atoms with E-state index in [-0.39, 0.29) is 17.9 Å². The van der Waals surface area contributed by atoms with Crippen molar-refractivity contribution in [2.24, 2.45) is 0 Å². The van der Waals surface area contributed by atoms with Crippen LogP contribution in [0.1, 0.15) is 10.4 Å². The molecule has 0 aliphatic rings. The molecule has 0 amide bonds. The van der Waals surface area contributed by atoms with Crippen LogP contribution in [0.4, 0.5) is 4.39 Å². The molecular formula is C9H6FNO2. The number of rotatable bonds is 3. The molecule has 13 heavy (non-hydrogen) atoms. The average molecular weight is 179 g/mol. The van der Waals surface area contributed by atoms with E-state index < -0.39 is 5.82 Å². The maximum atomic E-state index is 12.6. The van der Waals surface area contributed by atoms with Crippen molar-refractivity contribution >= 4 is 6.29 Å². The Morgan fingerprint density at radius 3 is 3.00 bits per heavy atom. The van der Waals surface area contributed by atoms with Gasteiger partial charge in [-0.1, -0.05) is 0 Å². The second-order valence-corrected chi connectivity index (χ2v) is 2.25. The molecule has 0 aliphatic heterocycles. The zero-order valence-corrected chi connectivity index (χ0v) is 6.66. The number of ether oxygens (including phenoxy) is 1. The van der Waals surface area contributed by atoms with Crippen LogP contribution in [0.3, 0.4) is 0 Å². The van der Waals surface area contributed by atoms with Gasteiger partial charge in [0.1, 0.15) is 17.6 Å². The summed E-state index contributed by atoms with van der Waals surface area (Å²) in [7, 11) is 0. The number of hydrogen-bond acceptors (Lipinski definition) is 3. The van der Waals surface area contributed by atoms with Gasteiger partial charge in [0.25, 0.3) is 0 Å². The fraction of sp³-hybridized carbons (Fsp3) is 0.111. The second-order valence-electron chi connectivity index (χ2n) is 2.25. The third-order valence-corrected chi connectivity index (χ3v) is 1.39. The van der Waals surface area contributed by atoms with E-state index in [1.54, 1.807) is 6.07 Å². The molecule has 0 aromatic heterocycles. The molecule has 0 saturated heterocycles. The molecule has 0 saturated carbocycles. The molecular weight excluding hydrogens is 173 g/mol. The molecule has 0 heterocycles. The van der Waals surface area contributed by atoms with Crippen LogP contribution in [-0.4, -0.2) is 12.9 Å². The summed E-state index contributed by atoms with van der Waals surface area (Å²) in [4.78, 5) is 10.4. The van der Waals surface area contributed by atoms with Crippen LogP contribution in [0, 0.1) is 17.1 Å². The topological polar surface area (TPSA) is 50.1 Å². The Labute approximate surface area is 74.4 Å². The van der Waals surface area contributed by atoms with Crippen LogP contribution in [0.25, 0.3) is 0 Å². The van der Waals surface area contributed by atoms with Crippen LogP contribution >= 0.6 is 0 Å². The van der Waals surface area contributed by atoms with E-state index in [2.05, 4.69) is 0 Å². The number of nitrogens with zero attached hydrogens (tertiary/aromatic N) is 1. The molecule has 0 N–H and O–H groups in total. The Balaban J connectivity index is 2.93. The number of nitriles is 1. The van der Waals surface area contributed by atoms with Gasteiger partial charge >= 0.3 is 0 Å². The molecule has 1 aromatic carbocycles. The fourth-order valence-electron chi connectivity index (χ4n) is 0.853. The summed E-state index contributed by atoms with van der Waals surface area (Å²) in [6.45, 7) is -0.160. The molecule has 1 rings (SSSR count). The first kappa shape index (κ1) is 9.20. The van der Waals surface area contributed by atoms with Crippen molar-refractivity contribution in [2.45, 2.75) is 0 Å². The maximum Gasteiger partial charge on any atom is 0.174 e. The molecule has 0 fully saturated rings. The van der Waals surface area contributed by atoms with E-state index in [1.165, 1.54) is 12.1 Å². The van der Waals surface area contributed by atoms with Gasteiger partial charge in [-0.3, -0.25) is 4.79 Å². The van der Waals surface area contributed by atoms with Gasteiger partial charge < -0.3 is 4.74 Å².